The largest absolute Gasteiger partial charge is 0.368 e. The highest BCUT2D eigenvalue weighted by Gasteiger charge is 2.29. The Morgan fingerprint density at radius 3 is 2.75 bits per heavy atom. The van der Waals surface area contributed by atoms with E-state index in [1.54, 1.807) is 0 Å². The number of aromatic nitrogens is 2. The second kappa shape index (κ2) is 3.90. The van der Waals surface area contributed by atoms with E-state index in [2.05, 4.69) is 20.2 Å². The van der Waals surface area contributed by atoms with E-state index in [4.69, 9.17) is 5.73 Å². The lowest BCUT2D eigenvalue weighted by Crippen LogP contribution is -2.44. The number of anilines is 2. The standard InChI is InChI=1S/C11H17N5/c12-11-14-7-9(8-1-2-8)10(15-11)16-5-3-13-4-6-16/h7-8,13H,1-6H2,(H2,12,14,15). The summed E-state index contributed by atoms with van der Waals surface area (Å²) in [5, 5.41) is 3.35. The molecule has 2 aliphatic rings. The molecule has 0 radical (unpaired) electrons. The van der Waals surface area contributed by atoms with E-state index < -0.39 is 0 Å². The molecule has 1 aromatic rings. The van der Waals surface area contributed by atoms with Gasteiger partial charge in [0.15, 0.2) is 0 Å². The van der Waals surface area contributed by atoms with Gasteiger partial charge in [-0.05, 0) is 18.8 Å². The van der Waals surface area contributed by atoms with Gasteiger partial charge in [-0.15, -0.1) is 0 Å². The van der Waals surface area contributed by atoms with Crippen molar-refractivity contribution < 1.29 is 0 Å². The van der Waals surface area contributed by atoms with Gasteiger partial charge in [0.2, 0.25) is 5.95 Å². The number of nitrogens with zero attached hydrogens (tertiary/aromatic N) is 3. The highest BCUT2D eigenvalue weighted by molar-refractivity contribution is 5.52. The molecule has 3 N–H and O–H groups in total. The Morgan fingerprint density at radius 1 is 1.31 bits per heavy atom. The number of hydrogen-bond donors (Lipinski definition) is 2. The first-order valence-corrected chi connectivity index (χ1v) is 5.92. The predicted molar refractivity (Wildman–Crippen MR) is 63.5 cm³/mol. The summed E-state index contributed by atoms with van der Waals surface area (Å²) in [4.78, 5) is 10.9. The third kappa shape index (κ3) is 1.82. The number of hydrogen-bond acceptors (Lipinski definition) is 5. The predicted octanol–water partition coefficient (Wildman–Crippen LogP) is 0.346. The van der Waals surface area contributed by atoms with Crippen LogP contribution in [-0.4, -0.2) is 36.1 Å². The van der Waals surface area contributed by atoms with Gasteiger partial charge in [0.05, 0.1) is 0 Å². The first-order valence-electron chi connectivity index (χ1n) is 5.92. The first kappa shape index (κ1) is 9.84. The zero-order valence-corrected chi connectivity index (χ0v) is 9.32. The Hall–Kier alpha value is -1.36. The number of nitrogens with two attached hydrogens (primary N) is 1. The van der Waals surface area contributed by atoms with Crippen LogP contribution in [0.5, 0.6) is 0 Å². The Bertz CT molecular complexity index is 382. The Balaban J connectivity index is 1.92. The fourth-order valence-electron chi connectivity index (χ4n) is 2.21. The summed E-state index contributed by atoms with van der Waals surface area (Å²) in [7, 11) is 0. The van der Waals surface area contributed by atoms with Gasteiger partial charge >= 0.3 is 0 Å². The molecule has 2 fully saturated rings. The van der Waals surface area contributed by atoms with Crippen LogP contribution in [-0.2, 0) is 0 Å². The molecule has 0 spiro atoms. The molecule has 1 aliphatic carbocycles. The Morgan fingerprint density at radius 2 is 2.06 bits per heavy atom. The molecule has 1 saturated carbocycles. The van der Waals surface area contributed by atoms with E-state index in [-0.39, 0.29) is 0 Å². The van der Waals surface area contributed by atoms with Gasteiger partial charge in [-0.3, -0.25) is 0 Å². The summed E-state index contributed by atoms with van der Waals surface area (Å²) in [6.45, 7) is 4.06. The van der Waals surface area contributed by atoms with E-state index in [0.717, 1.165) is 32.0 Å². The van der Waals surface area contributed by atoms with Crippen LogP contribution in [0.2, 0.25) is 0 Å². The van der Waals surface area contributed by atoms with Gasteiger partial charge in [0.1, 0.15) is 5.82 Å². The fourth-order valence-corrected chi connectivity index (χ4v) is 2.21. The fraction of sp³-hybridized carbons (Fsp3) is 0.636. The van der Waals surface area contributed by atoms with Gasteiger partial charge in [-0.1, -0.05) is 0 Å². The highest BCUT2D eigenvalue weighted by atomic mass is 15.2. The van der Waals surface area contributed by atoms with Crippen molar-refractivity contribution in [1.82, 2.24) is 15.3 Å². The summed E-state index contributed by atoms with van der Waals surface area (Å²) < 4.78 is 0. The Labute approximate surface area is 95.1 Å². The third-order valence-corrected chi connectivity index (χ3v) is 3.25. The molecule has 1 saturated heterocycles. The van der Waals surface area contributed by atoms with Crippen LogP contribution in [0.4, 0.5) is 11.8 Å². The molecule has 0 bridgehead atoms. The van der Waals surface area contributed by atoms with Crippen LogP contribution in [0.25, 0.3) is 0 Å². The molecule has 5 nitrogen and oxygen atoms in total. The van der Waals surface area contributed by atoms with Crippen LogP contribution in [0.1, 0.15) is 24.3 Å². The zero-order valence-electron chi connectivity index (χ0n) is 9.32. The minimum Gasteiger partial charge on any atom is -0.368 e. The maximum absolute atomic E-state index is 5.69. The van der Waals surface area contributed by atoms with E-state index in [1.807, 2.05) is 6.20 Å². The minimum atomic E-state index is 0.387. The van der Waals surface area contributed by atoms with Crippen LogP contribution in [0.3, 0.4) is 0 Å². The second-order valence-electron chi connectivity index (χ2n) is 4.52. The molecule has 0 aromatic carbocycles. The molecular formula is C11H17N5. The molecule has 3 rings (SSSR count). The molecule has 1 aliphatic heterocycles. The summed E-state index contributed by atoms with van der Waals surface area (Å²) in [6, 6.07) is 0. The molecule has 0 unspecified atom stereocenters. The lowest BCUT2D eigenvalue weighted by Gasteiger charge is -2.30. The number of nitrogen functional groups attached to an aromatic ring is 1. The quantitative estimate of drug-likeness (QED) is 0.751. The summed E-state index contributed by atoms with van der Waals surface area (Å²) in [5.74, 6) is 2.12. The average molecular weight is 219 g/mol. The average Bonchev–Trinajstić information content (AvgIpc) is 3.14. The van der Waals surface area contributed by atoms with Crippen molar-refractivity contribution >= 4 is 11.8 Å². The van der Waals surface area contributed by atoms with E-state index in [9.17, 15) is 0 Å². The second-order valence-corrected chi connectivity index (χ2v) is 4.52. The molecule has 0 atom stereocenters. The van der Waals surface area contributed by atoms with Gasteiger partial charge in [0, 0.05) is 37.9 Å². The van der Waals surface area contributed by atoms with Crippen LogP contribution < -0.4 is 16.0 Å². The molecule has 2 heterocycles. The molecular weight excluding hydrogens is 202 g/mol. The normalized spacial score (nSPS) is 21.1. The van der Waals surface area contributed by atoms with Crippen LogP contribution in [0, 0.1) is 0 Å². The first-order chi connectivity index (χ1) is 7.84. The number of piperazine rings is 1. The van der Waals surface area contributed by atoms with Gasteiger partial charge in [-0.2, -0.15) is 4.98 Å². The SMILES string of the molecule is Nc1ncc(C2CC2)c(N2CCNCC2)n1. The van der Waals surface area contributed by atoms with Crippen molar-refractivity contribution in [3.05, 3.63) is 11.8 Å². The van der Waals surface area contributed by atoms with Gasteiger partial charge < -0.3 is 16.0 Å². The lowest BCUT2D eigenvalue weighted by molar-refractivity contribution is 0.583. The monoisotopic (exact) mass is 219 g/mol. The smallest absolute Gasteiger partial charge is 0.221 e. The van der Waals surface area contributed by atoms with Gasteiger partial charge in [0.25, 0.3) is 0 Å². The van der Waals surface area contributed by atoms with E-state index in [1.165, 1.54) is 18.4 Å². The summed E-state index contributed by atoms with van der Waals surface area (Å²) >= 11 is 0. The zero-order chi connectivity index (χ0) is 11.0. The third-order valence-electron chi connectivity index (χ3n) is 3.25. The number of nitrogens with one attached hydrogen (secondary N) is 1. The molecule has 86 valence electrons. The van der Waals surface area contributed by atoms with Crippen molar-refractivity contribution in [1.29, 1.82) is 0 Å². The summed E-state index contributed by atoms with van der Waals surface area (Å²) in [6.07, 6.45) is 4.45. The topological polar surface area (TPSA) is 67.1 Å². The van der Waals surface area contributed by atoms with E-state index in [0.29, 0.717) is 11.9 Å². The number of rotatable bonds is 2. The highest BCUT2D eigenvalue weighted by Crippen LogP contribution is 2.43. The van der Waals surface area contributed by atoms with Crippen molar-refractivity contribution in [3.8, 4) is 0 Å². The van der Waals surface area contributed by atoms with Gasteiger partial charge in [-0.25, -0.2) is 4.98 Å². The summed E-state index contributed by atoms with van der Waals surface area (Å²) in [5.41, 5.74) is 6.98. The Kier molecular flexibility index (Phi) is 2.40. The molecule has 5 heteroatoms. The van der Waals surface area contributed by atoms with Crippen LogP contribution in [0.15, 0.2) is 6.20 Å². The molecule has 16 heavy (non-hydrogen) atoms. The lowest BCUT2D eigenvalue weighted by atomic mass is 10.2. The van der Waals surface area contributed by atoms with Crippen molar-refractivity contribution in [2.75, 3.05) is 36.8 Å². The molecule has 0 amide bonds. The maximum Gasteiger partial charge on any atom is 0.221 e. The minimum absolute atomic E-state index is 0.387. The maximum atomic E-state index is 5.69. The van der Waals surface area contributed by atoms with Crippen molar-refractivity contribution in [3.63, 3.8) is 0 Å². The van der Waals surface area contributed by atoms with Crippen LogP contribution >= 0.6 is 0 Å². The van der Waals surface area contributed by atoms with Crippen molar-refractivity contribution in [2.24, 2.45) is 0 Å². The van der Waals surface area contributed by atoms with Crippen molar-refractivity contribution in [2.45, 2.75) is 18.8 Å². The van der Waals surface area contributed by atoms with E-state index >= 15 is 0 Å². The molecule has 1 aromatic heterocycles.